The van der Waals surface area contributed by atoms with Crippen molar-refractivity contribution in [1.29, 1.82) is 0 Å². The molecule has 1 N–H and O–H groups in total. The molecule has 0 bridgehead atoms. The summed E-state index contributed by atoms with van der Waals surface area (Å²) >= 11 is 0. The summed E-state index contributed by atoms with van der Waals surface area (Å²) in [6, 6.07) is 5.33. The zero-order chi connectivity index (χ0) is 21.3. The lowest BCUT2D eigenvalue weighted by molar-refractivity contribution is -0.159. The third-order valence-electron chi connectivity index (χ3n) is 5.80. The number of nitrogens with one attached hydrogen (secondary N) is 1. The highest BCUT2D eigenvalue weighted by Crippen LogP contribution is 2.38. The first-order chi connectivity index (χ1) is 14.4. The molecule has 0 radical (unpaired) electrons. The number of imide groups is 1. The zero-order valence-corrected chi connectivity index (χ0v) is 16.7. The van der Waals surface area contributed by atoms with Crippen LogP contribution in [0.5, 0.6) is 11.5 Å². The normalized spacial score (nSPS) is 23.2. The summed E-state index contributed by atoms with van der Waals surface area (Å²) in [7, 11) is 0. The van der Waals surface area contributed by atoms with E-state index in [-0.39, 0.29) is 37.0 Å². The molecule has 9 nitrogen and oxygen atoms in total. The summed E-state index contributed by atoms with van der Waals surface area (Å²) in [6.45, 7) is 1.39. The van der Waals surface area contributed by atoms with E-state index in [2.05, 4.69) is 5.32 Å². The number of fused-ring (bicyclic) bond motifs is 2. The largest absolute Gasteiger partial charge is 0.454 e. The van der Waals surface area contributed by atoms with Crippen LogP contribution in [-0.4, -0.2) is 48.0 Å². The minimum absolute atomic E-state index is 0.168. The summed E-state index contributed by atoms with van der Waals surface area (Å²) in [5.41, 5.74) is 0.807. The fraction of sp³-hybridized carbons (Fsp3) is 0.524. The van der Waals surface area contributed by atoms with Crippen LogP contribution in [0.25, 0.3) is 0 Å². The second-order valence-corrected chi connectivity index (χ2v) is 7.80. The highest BCUT2D eigenvalue weighted by atomic mass is 16.7. The van der Waals surface area contributed by atoms with E-state index in [0.29, 0.717) is 24.3 Å². The van der Waals surface area contributed by atoms with Crippen LogP contribution < -0.4 is 14.8 Å². The molecule has 4 rings (SSSR count). The molecule has 1 saturated heterocycles. The van der Waals surface area contributed by atoms with E-state index in [9.17, 15) is 19.2 Å². The van der Waals surface area contributed by atoms with Gasteiger partial charge in [0.05, 0.1) is 11.8 Å². The Kier molecular flexibility index (Phi) is 5.61. The third-order valence-corrected chi connectivity index (χ3v) is 5.80. The second-order valence-electron chi connectivity index (χ2n) is 7.80. The van der Waals surface area contributed by atoms with Gasteiger partial charge in [0.1, 0.15) is 6.54 Å². The number of carbonyl (C=O) groups is 4. The van der Waals surface area contributed by atoms with Gasteiger partial charge >= 0.3 is 5.97 Å². The highest BCUT2D eigenvalue weighted by Gasteiger charge is 2.48. The molecule has 3 aliphatic rings. The zero-order valence-electron chi connectivity index (χ0n) is 16.7. The second kappa shape index (κ2) is 8.33. The summed E-state index contributed by atoms with van der Waals surface area (Å²) in [4.78, 5) is 50.4. The summed E-state index contributed by atoms with van der Waals surface area (Å²) in [5.74, 6) is -1.24. The molecule has 3 amide bonds. The predicted octanol–water partition coefficient (Wildman–Crippen LogP) is 1.14. The van der Waals surface area contributed by atoms with Crippen molar-refractivity contribution in [2.24, 2.45) is 11.8 Å². The van der Waals surface area contributed by atoms with Gasteiger partial charge in [-0.25, -0.2) is 0 Å². The molecular formula is C21H24N2O7. The predicted molar refractivity (Wildman–Crippen MR) is 102 cm³/mol. The Morgan fingerprint density at radius 2 is 1.80 bits per heavy atom. The van der Waals surface area contributed by atoms with E-state index in [1.54, 1.807) is 18.2 Å². The van der Waals surface area contributed by atoms with E-state index in [1.807, 2.05) is 0 Å². The fourth-order valence-corrected chi connectivity index (χ4v) is 4.19. The topological polar surface area (TPSA) is 111 Å². The Labute approximate surface area is 173 Å². The molecule has 1 aromatic carbocycles. The smallest absolute Gasteiger partial charge is 0.326 e. The van der Waals surface area contributed by atoms with E-state index in [4.69, 9.17) is 14.2 Å². The van der Waals surface area contributed by atoms with Crippen LogP contribution in [0, 0.1) is 11.8 Å². The molecule has 2 aliphatic heterocycles. The average Bonchev–Trinajstić information content (AvgIpc) is 3.30. The molecular weight excluding hydrogens is 392 g/mol. The van der Waals surface area contributed by atoms with Crippen molar-refractivity contribution in [2.75, 3.05) is 13.3 Å². The molecule has 1 aromatic rings. The number of hydrogen-bond acceptors (Lipinski definition) is 7. The van der Waals surface area contributed by atoms with Crippen LogP contribution in [0.2, 0.25) is 0 Å². The minimum Gasteiger partial charge on any atom is -0.454 e. The number of carbonyl (C=O) groups excluding carboxylic acids is 4. The van der Waals surface area contributed by atoms with Gasteiger partial charge in [0.15, 0.2) is 17.6 Å². The highest BCUT2D eigenvalue weighted by molar-refractivity contribution is 6.07. The molecule has 2 heterocycles. The fourth-order valence-electron chi connectivity index (χ4n) is 4.19. The number of hydrogen-bond donors (Lipinski definition) is 1. The maximum atomic E-state index is 12.4. The van der Waals surface area contributed by atoms with Gasteiger partial charge in [0.25, 0.3) is 5.91 Å². The molecule has 2 fully saturated rings. The Morgan fingerprint density at radius 3 is 2.50 bits per heavy atom. The van der Waals surface area contributed by atoms with Gasteiger partial charge < -0.3 is 19.5 Å². The monoisotopic (exact) mass is 416 g/mol. The number of likely N-dealkylation sites (tertiary alicyclic amines) is 1. The van der Waals surface area contributed by atoms with E-state index in [0.717, 1.165) is 23.3 Å². The van der Waals surface area contributed by atoms with E-state index >= 15 is 0 Å². The number of benzene rings is 1. The number of esters is 1. The SMILES string of the molecule is CC(OC(=O)CN1C(=O)C2CCCCC2C1=O)C(=O)NCc1ccc2c(c1)OCO2. The third kappa shape index (κ3) is 3.96. The van der Waals surface area contributed by atoms with Crippen LogP contribution in [0.15, 0.2) is 18.2 Å². The molecule has 3 unspecified atom stereocenters. The van der Waals surface area contributed by atoms with E-state index in [1.165, 1.54) is 6.92 Å². The summed E-state index contributed by atoms with van der Waals surface area (Å²) in [6.07, 6.45) is 2.14. The van der Waals surface area contributed by atoms with Crippen molar-refractivity contribution >= 4 is 23.7 Å². The van der Waals surface area contributed by atoms with Crippen LogP contribution in [0.1, 0.15) is 38.2 Å². The molecule has 1 aliphatic carbocycles. The molecule has 30 heavy (non-hydrogen) atoms. The van der Waals surface area contributed by atoms with Crippen LogP contribution in [0.3, 0.4) is 0 Å². The molecule has 0 spiro atoms. The Balaban J connectivity index is 1.26. The van der Waals surface area contributed by atoms with Crippen molar-refractivity contribution in [2.45, 2.75) is 45.3 Å². The van der Waals surface area contributed by atoms with Gasteiger partial charge in [-0.1, -0.05) is 18.9 Å². The van der Waals surface area contributed by atoms with Crippen LogP contribution in [0.4, 0.5) is 0 Å². The van der Waals surface area contributed by atoms with Gasteiger partial charge in [-0.05, 0) is 37.5 Å². The molecule has 1 saturated carbocycles. The van der Waals surface area contributed by atoms with Crippen molar-refractivity contribution in [1.82, 2.24) is 10.2 Å². The molecule has 160 valence electrons. The maximum Gasteiger partial charge on any atom is 0.326 e. The lowest BCUT2D eigenvalue weighted by Crippen LogP contribution is -2.40. The minimum atomic E-state index is -1.05. The number of amides is 3. The van der Waals surface area contributed by atoms with Gasteiger partial charge in [0.2, 0.25) is 18.6 Å². The first kappa shape index (κ1) is 20.2. The number of rotatable bonds is 6. The summed E-state index contributed by atoms with van der Waals surface area (Å²) in [5, 5.41) is 2.69. The number of nitrogens with zero attached hydrogens (tertiary/aromatic N) is 1. The van der Waals surface area contributed by atoms with Crippen molar-refractivity contribution in [3.05, 3.63) is 23.8 Å². The lowest BCUT2D eigenvalue weighted by atomic mass is 9.81. The lowest BCUT2D eigenvalue weighted by Gasteiger charge is -2.19. The average molecular weight is 416 g/mol. The first-order valence-electron chi connectivity index (χ1n) is 10.1. The van der Waals surface area contributed by atoms with Crippen molar-refractivity contribution in [3.8, 4) is 11.5 Å². The van der Waals surface area contributed by atoms with Crippen molar-refractivity contribution in [3.63, 3.8) is 0 Å². The van der Waals surface area contributed by atoms with E-state index < -0.39 is 24.5 Å². The standard InChI is InChI=1S/C21H24N2O7/c1-12(19(25)22-9-13-6-7-16-17(8-13)29-11-28-16)30-18(24)10-23-20(26)14-4-2-3-5-15(14)21(23)27/h6-8,12,14-15H,2-5,9-11H2,1H3,(H,22,25). The van der Waals surface area contributed by atoms with Gasteiger partial charge in [-0.2, -0.15) is 0 Å². The van der Waals surface area contributed by atoms with Gasteiger partial charge in [-0.3, -0.25) is 24.1 Å². The summed E-state index contributed by atoms with van der Waals surface area (Å²) < 4.78 is 15.7. The van der Waals surface area contributed by atoms with Crippen molar-refractivity contribution < 1.29 is 33.4 Å². The molecule has 3 atom stereocenters. The van der Waals surface area contributed by atoms with Crippen LogP contribution in [-0.2, 0) is 30.5 Å². The Bertz CT molecular complexity index is 860. The molecule has 0 aromatic heterocycles. The number of ether oxygens (including phenoxy) is 3. The first-order valence-corrected chi connectivity index (χ1v) is 10.1. The van der Waals surface area contributed by atoms with Crippen LogP contribution >= 0.6 is 0 Å². The van der Waals surface area contributed by atoms with Gasteiger partial charge in [-0.15, -0.1) is 0 Å². The molecule has 9 heteroatoms. The Hall–Kier alpha value is -3.10. The Morgan fingerprint density at radius 1 is 1.13 bits per heavy atom. The maximum absolute atomic E-state index is 12.4. The quantitative estimate of drug-likeness (QED) is 0.547. The van der Waals surface area contributed by atoms with Gasteiger partial charge in [0, 0.05) is 6.54 Å².